The SMILES string of the molecule is [C-]#[N+]c1ccc(N(CC)CC(=O)NCc2ccccc2)cc1C(F)(F)F. The third-order valence-corrected chi connectivity index (χ3v) is 3.82. The number of hydrogen-bond acceptors (Lipinski definition) is 2. The van der Waals surface area contributed by atoms with E-state index < -0.39 is 17.4 Å². The molecule has 0 bridgehead atoms. The van der Waals surface area contributed by atoms with Crippen LogP contribution in [0.15, 0.2) is 48.5 Å². The lowest BCUT2D eigenvalue weighted by Crippen LogP contribution is -2.37. The molecular weight excluding hydrogens is 343 g/mol. The number of likely N-dealkylation sites (N-methyl/N-ethyl adjacent to an activating group) is 1. The second-order valence-corrected chi connectivity index (χ2v) is 5.59. The Morgan fingerprint density at radius 2 is 1.88 bits per heavy atom. The monoisotopic (exact) mass is 361 g/mol. The Kier molecular flexibility index (Phi) is 6.23. The molecule has 0 aliphatic carbocycles. The van der Waals surface area contributed by atoms with Gasteiger partial charge in [0.1, 0.15) is 0 Å². The van der Waals surface area contributed by atoms with Crippen molar-refractivity contribution in [1.29, 1.82) is 0 Å². The maximum atomic E-state index is 13.1. The molecule has 4 nitrogen and oxygen atoms in total. The molecule has 0 aromatic heterocycles. The number of carbonyl (C=O) groups is 1. The second kappa shape index (κ2) is 8.39. The molecule has 0 fully saturated rings. The minimum atomic E-state index is -4.62. The molecule has 2 rings (SSSR count). The van der Waals surface area contributed by atoms with Crippen LogP contribution in [0.1, 0.15) is 18.1 Å². The summed E-state index contributed by atoms with van der Waals surface area (Å²) in [5, 5.41) is 2.75. The number of alkyl halides is 3. The van der Waals surface area contributed by atoms with Gasteiger partial charge in [0.05, 0.1) is 18.7 Å². The van der Waals surface area contributed by atoms with Crippen molar-refractivity contribution in [3.05, 3.63) is 71.1 Å². The summed E-state index contributed by atoms with van der Waals surface area (Å²) in [4.78, 5) is 16.6. The molecule has 0 heterocycles. The summed E-state index contributed by atoms with van der Waals surface area (Å²) in [7, 11) is 0. The van der Waals surface area contributed by atoms with Gasteiger partial charge in [-0.3, -0.25) is 4.79 Å². The van der Waals surface area contributed by atoms with Crippen LogP contribution in [-0.2, 0) is 17.5 Å². The number of carbonyl (C=O) groups excluding carboxylic acids is 1. The molecule has 2 aromatic rings. The lowest BCUT2D eigenvalue weighted by molar-refractivity contribution is -0.136. The van der Waals surface area contributed by atoms with E-state index in [0.29, 0.717) is 13.1 Å². The first-order valence-electron chi connectivity index (χ1n) is 7.99. The molecule has 0 saturated carbocycles. The Balaban J connectivity index is 2.10. The molecule has 0 atom stereocenters. The van der Waals surface area contributed by atoms with Crippen molar-refractivity contribution in [2.45, 2.75) is 19.6 Å². The number of rotatable bonds is 6. The normalized spacial score (nSPS) is 10.9. The third-order valence-electron chi connectivity index (χ3n) is 3.82. The Labute approximate surface area is 150 Å². The van der Waals surface area contributed by atoms with Crippen molar-refractivity contribution in [3.8, 4) is 0 Å². The molecule has 0 aliphatic heterocycles. The lowest BCUT2D eigenvalue weighted by atomic mass is 10.1. The van der Waals surface area contributed by atoms with Crippen LogP contribution in [0.3, 0.4) is 0 Å². The molecule has 1 amide bonds. The van der Waals surface area contributed by atoms with E-state index in [1.807, 2.05) is 30.3 Å². The number of hydrogen-bond donors (Lipinski definition) is 1. The summed E-state index contributed by atoms with van der Waals surface area (Å²) in [6, 6.07) is 12.8. The first-order chi connectivity index (χ1) is 12.3. The summed E-state index contributed by atoms with van der Waals surface area (Å²) in [6.07, 6.45) is -4.62. The summed E-state index contributed by atoms with van der Waals surface area (Å²) in [5.74, 6) is -0.293. The molecule has 0 spiro atoms. The number of amides is 1. The largest absolute Gasteiger partial charge is 0.407 e. The molecule has 7 heteroatoms. The Hall–Kier alpha value is -3.01. The fourth-order valence-electron chi connectivity index (χ4n) is 2.46. The van der Waals surface area contributed by atoms with E-state index in [0.717, 1.165) is 17.7 Å². The van der Waals surface area contributed by atoms with Gasteiger partial charge in [-0.15, -0.1) is 0 Å². The Morgan fingerprint density at radius 1 is 1.19 bits per heavy atom. The maximum Gasteiger partial charge on any atom is 0.407 e. The zero-order valence-corrected chi connectivity index (χ0v) is 14.2. The topological polar surface area (TPSA) is 36.7 Å². The van der Waals surface area contributed by atoms with Crippen molar-refractivity contribution in [2.24, 2.45) is 0 Å². The van der Waals surface area contributed by atoms with Gasteiger partial charge >= 0.3 is 6.18 Å². The van der Waals surface area contributed by atoms with Gasteiger partial charge in [0.2, 0.25) is 5.91 Å². The summed E-state index contributed by atoms with van der Waals surface area (Å²) >= 11 is 0. The average Bonchev–Trinajstić information content (AvgIpc) is 2.64. The molecule has 136 valence electrons. The molecule has 0 aliphatic rings. The predicted molar refractivity (Wildman–Crippen MR) is 93.9 cm³/mol. The minimum Gasteiger partial charge on any atom is -0.363 e. The van der Waals surface area contributed by atoms with E-state index in [9.17, 15) is 18.0 Å². The third kappa shape index (κ3) is 4.99. The van der Waals surface area contributed by atoms with E-state index in [1.165, 1.54) is 11.0 Å². The van der Waals surface area contributed by atoms with Crippen LogP contribution in [0.5, 0.6) is 0 Å². The van der Waals surface area contributed by atoms with E-state index in [2.05, 4.69) is 10.2 Å². The number of nitrogens with one attached hydrogen (secondary N) is 1. The average molecular weight is 361 g/mol. The second-order valence-electron chi connectivity index (χ2n) is 5.59. The van der Waals surface area contributed by atoms with Crippen LogP contribution in [0.4, 0.5) is 24.5 Å². The van der Waals surface area contributed by atoms with Crippen molar-refractivity contribution < 1.29 is 18.0 Å². The summed E-state index contributed by atoms with van der Waals surface area (Å²) in [5.41, 5.74) is -0.259. The summed E-state index contributed by atoms with van der Waals surface area (Å²) in [6.45, 7) is 9.27. The molecular formula is C19H18F3N3O. The minimum absolute atomic E-state index is 0.0714. The quantitative estimate of drug-likeness (QED) is 0.775. The van der Waals surface area contributed by atoms with Crippen LogP contribution in [-0.4, -0.2) is 19.0 Å². The van der Waals surface area contributed by atoms with Gasteiger partial charge < -0.3 is 10.2 Å². The van der Waals surface area contributed by atoms with E-state index >= 15 is 0 Å². The first kappa shape index (κ1) is 19.3. The highest BCUT2D eigenvalue weighted by atomic mass is 19.4. The van der Waals surface area contributed by atoms with E-state index in [1.54, 1.807) is 6.92 Å². The standard InChI is InChI=1S/C19H18F3N3O/c1-3-25(13-18(26)24-12-14-7-5-4-6-8-14)15-9-10-17(23-2)16(11-15)19(20,21)22/h4-11H,3,12-13H2,1H3,(H,24,26). The lowest BCUT2D eigenvalue weighted by Gasteiger charge is -2.24. The van der Waals surface area contributed by atoms with Crippen LogP contribution in [0.2, 0.25) is 0 Å². The smallest absolute Gasteiger partial charge is 0.363 e. The molecule has 1 N–H and O–H groups in total. The van der Waals surface area contributed by atoms with E-state index in [4.69, 9.17) is 6.57 Å². The number of anilines is 1. The zero-order valence-electron chi connectivity index (χ0n) is 14.2. The van der Waals surface area contributed by atoms with Crippen molar-refractivity contribution in [3.63, 3.8) is 0 Å². The van der Waals surface area contributed by atoms with Gasteiger partial charge in [-0.05, 0) is 24.6 Å². The molecule has 0 radical (unpaired) electrons. The van der Waals surface area contributed by atoms with Crippen LogP contribution < -0.4 is 10.2 Å². The van der Waals surface area contributed by atoms with Gasteiger partial charge in [-0.25, -0.2) is 4.85 Å². The van der Waals surface area contributed by atoms with Crippen molar-refractivity contribution in [2.75, 3.05) is 18.0 Å². The van der Waals surface area contributed by atoms with Gasteiger partial charge in [0.15, 0.2) is 5.69 Å². The fraction of sp³-hybridized carbons (Fsp3) is 0.263. The van der Waals surface area contributed by atoms with Crippen LogP contribution in [0.25, 0.3) is 4.85 Å². The Morgan fingerprint density at radius 3 is 2.46 bits per heavy atom. The Bertz CT molecular complexity index is 798. The fourth-order valence-corrected chi connectivity index (χ4v) is 2.46. The van der Waals surface area contributed by atoms with Gasteiger partial charge in [-0.1, -0.05) is 36.4 Å². The molecule has 2 aromatic carbocycles. The zero-order chi connectivity index (χ0) is 19.2. The highest BCUT2D eigenvalue weighted by molar-refractivity contribution is 5.81. The molecule has 0 unspecified atom stereocenters. The predicted octanol–water partition coefficient (Wildman–Crippen LogP) is 4.40. The summed E-state index contributed by atoms with van der Waals surface area (Å²) < 4.78 is 39.3. The van der Waals surface area contributed by atoms with Crippen molar-refractivity contribution in [1.82, 2.24) is 5.32 Å². The van der Waals surface area contributed by atoms with Gasteiger partial charge in [0, 0.05) is 18.8 Å². The highest BCUT2D eigenvalue weighted by Crippen LogP contribution is 2.38. The maximum absolute atomic E-state index is 13.1. The number of benzene rings is 2. The first-order valence-corrected chi connectivity index (χ1v) is 7.99. The van der Waals surface area contributed by atoms with Gasteiger partial charge in [-0.2, -0.15) is 13.2 Å². The van der Waals surface area contributed by atoms with Crippen LogP contribution in [0, 0.1) is 6.57 Å². The van der Waals surface area contributed by atoms with E-state index in [-0.39, 0.29) is 18.1 Å². The van der Waals surface area contributed by atoms with Gasteiger partial charge in [0.25, 0.3) is 0 Å². The highest BCUT2D eigenvalue weighted by Gasteiger charge is 2.34. The molecule has 26 heavy (non-hydrogen) atoms. The molecule has 0 saturated heterocycles. The van der Waals surface area contributed by atoms with Crippen LogP contribution >= 0.6 is 0 Å². The number of nitrogens with zero attached hydrogens (tertiary/aromatic N) is 2. The van der Waals surface area contributed by atoms with Crippen molar-refractivity contribution >= 4 is 17.3 Å². The number of halogens is 3.